The van der Waals surface area contributed by atoms with Crippen LogP contribution in [0.25, 0.3) is 0 Å². The Morgan fingerprint density at radius 1 is 1.14 bits per heavy atom. The predicted octanol–water partition coefficient (Wildman–Crippen LogP) is 1.81. The lowest BCUT2D eigenvalue weighted by atomic mass is 10.1. The number of halogens is 1. The van der Waals surface area contributed by atoms with Gasteiger partial charge in [-0.05, 0) is 54.8 Å². The molecule has 1 aliphatic heterocycles. The Bertz CT molecular complexity index is 1070. The largest absolute Gasteiger partial charge is 0.384 e. The van der Waals surface area contributed by atoms with Crippen molar-refractivity contribution >= 4 is 31.2 Å². The van der Waals surface area contributed by atoms with Gasteiger partial charge in [0.25, 0.3) is 0 Å². The summed E-state index contributed by atoms with van der Waals surface area (Å²) >= 11 is 0. The van der Waals surface area contributed by atoms with E-state index in [4.69, 9.17) is 5.14 Å². The summed E-state index contributed by atoms with van der Waals surface area (Å²) in [5, 5.41) is 8.22. The molecule has 3 rings (SSSR count). The summed E-state index contributed by atoms with van der Waals surface area (Å²) in [6.45, 7) is 2.10. The number of benzene rings is 2. The van der Waals surface area contributed by atoms with Gasteiger partial charge in [0.1, 0.15) is 5.82 Å². The van der Waals surface area contributed by atoms with E-state index in [9.17, 15) is 21.2 Å². The Kier molecular flexibility index (Phi) is 5.64. The van der Waals surface area contributed by atoms with Gasteiger partial charge in [0.2, 0.25) is 10.0 Å². The second-order valence-electron chi connectivity index (χ2n) is 6.93. The van der Waals surface area contributed by atoms with Gasteiger partial charge < -0.3 is 10.2 Å². The highest BCUT2D eigenvalue weighted by atomic mass is 32.2. The first-order valence-electron chi connectivity index (χ1n) is 8.65. The molecule has 0 aliphatic carbocycles. The molecule has 0 saturated carbocycles. The average molecular weight is 428 g/mol. The number of primary sulfonamides is 1. The van der Waals surface area contributed by atoms with Crippen molar-refractivity contribution in [2.45, 2.75) is 16.2 Å². The lowest BCUT2D eigenvalue weighted by Gasteiger charge is -2.19. The number of nitrogens with one attached hydrogen (secondary N) is 1. The van der Waals surface area contributed by atoms with E-state index >= 15 is 0 Å². The van der Waals surface area contributed by atoms with E-state index in [2.05, 4.69) is 10.2 Å². The summed E-state index contributed by atoms with van der Waals surface area (Å²) in [4.78, 5) is 1.79. The topological polar surface area (TPSA) is 110 Å². The number of hydrogen-bond acceptors (Lipinski definition) is 6. The van der Waals surface area contributed by atoms with Crippen molar-refractivity contribution in [1.29, 1.82) is 0 Å². The van der Waals surface area contributed by atoms with Gasteiger partial charge in [-0.25, -0.2) is 26.4 Å². The van der Waals surface area contributed by atoms with Gasteiger partial charge in [0.05, 0.1) is 15.5 Å². The van der Waals surface area contributed by atoms with Crippen LogP contribution in [0.4, 0.5) is 15.8 Å². The third kappa shape index (κ3) is 4.81. The Hall–Kier alpha value is -2.17. The molecule has 0 spiro atoms. The van der Waals surface area contributed by atoms with Crippen LogP contribution in [0.1, 0.15) is 6.42 Å². The van der Waals surface area contributed by atoms with E-state index in [0.29, 0.717) is 12.2 Å². The molecule has 1 saturated heterocycles. The van der Waals surface area contributed by atoms with E-state index in [1.807, 2.05) is 0 Å². The van der Waals surface area contributed by atoms with Gasteiger partial charge in [-0.3, -0.25) is 0 Å². The van der Waals surface area contributed by atoms with Crippen molar-refractivity contribution in [3.8, 4) is 0 Å². The zero-order chi connectivity index (χ0) is 20.5. The molecule has 0 amide bonds. The summed E-state index contributed by atoms with van der Waals surface area (Å²) < 4.78 is 60.3. The predicted molar refractivity (Wildman–Crippen MR) is 106 cm³/mol. The van der Waals surface area contributed by atoms with E-state index in [1.165, 1.54) is 24.3 Å². The Morgan fingerprint density at radius 3 is 2.43 bits per heavy atom. The highest BCUT2D eigenvalue weighted by molar-refractivity contribution is 7.91. The van der Waals surface area contributed by atoms with E-state index in [0.717, 1.165) is 37.5 Å². The molecule has 0 aromatic heterocycles. The van der Waals surface area contributed by atoms with Gasteiger partial charge in [-0.2, -0.15) is 0 Å². The van der Waals surface area contributed by atoms with Gasteiger partial charge in [-0.1, -0.05) is 0 Å². The molecule has 2 aromatic carbocycles. The van der Waals surface area contributed by atoms with Gasteiger partial charge in [0, 0.05) is 31.6 Å². The van der Waals surface area contributed by atoms with Crippen LogP contribution in [-0.2, 0) is 19.9 Å². The van der Waals surface area contributed by atoms with Crippen LogP contribution in [0.3, 0.4) is 0 Å². The van der Waals surface area contributed by atoms with E-state index < -0.39 is 19.9 Å². The van der Waals surface area contributed by atoms with Crippen LogP contribution < -0.4 is 15.4 Å². The van der Waals surface area contributed by atoms with Crippen LogP contribution in [0.2, 0.25) is 0 Å². The molecule has 1 fully saturated rings. The quantitative estimate of drug-likeness (QED) is 0.728. The molecular formula is C18H22FN3O4S2. The SMILES string of the molecule is CS(=O)(=O)c1cc(S(N)(=O)=O)ccc1NCC1CCN(c2ccc(F)cc2)C1. The lowest BCUT2D eigenvalue weighted by Crippen LogP contribution is -2.23. The molecule has 1 heterocycles. The van der Waals surface area contributed by atoms with Crippen LogP contribution >= 0.6 is 0 Å². The molecular weight excluding hydrogens is 405 g/mol. The fraction of sp³-hybridized carbons (Fsp3) is 0.333. The monoisotopic (exact) mass is 427 g/mol. The zero-order valence-corrected chi connectivity index (χ0v) is 16.9. The van der Waals surface area contributed by atoms with Crippen molar-refractivity contribution in [2.75, 3.05) is 36.1 Å². The highest BCUT2D eigenvalue weighted by Crippen LogP contribution is 2.27. The number of hydrogen-bond donors (Lipinski definition) is 2. The molecule has 0 radical (unpaired) electrons. The number of nitrogens with zero attached hydrogens (tertiary/aromatic N) is 1. The Labute approximate surface area is 164 Å². The summed E-state index contributed by atoms with van der Waals surface area (Å²) in [5.74, 6) is -0.0206. The van der Waals surface area contributed by atoms with Gasteiger partial charge in [0.15, 0.2) is 9.84 Å². The number of rotatable bonds is 6. The number of nitrogens with two attached hydrogens (primary N) is 1. The fourth-order valence-corrected chi connectivity index (χ4v) is 4.77. The van der Waals surface area contributed by atoms with Crippen molar-refractivity contribution in [2.24, 2.45) is 11.1 Å². The van der Waals surface area contributed by atoms with Crippen LogP contribution in [0.15, 0.2) is 52.3 Å². The van der Waals surface area contributed by atoms with Crippen molar-refractivity contribution in [3.05, 3.63) is 48.3 Å². The molecule has 0 bridgehead atoms. The first kappa shape index (κ1) is 20.6. The molecule has 1 aliphatic rings. The number of anilines is 2. The Balaban J connectivity index is 1.72. The van der Waals surface area contributed by atoms with Crippen LogP contribution in [0, 0.1) is 11.7 Å². The lowest BCUT2D eigenvalue weighted by molar-refractivity contribution is 0.596. The average Bonchev–Trinajstić information content (AvgIpc) is 3.08. The van der Waals surface area contributed by atoms with Crippen molar-refractivity contribution in [3.63, 3.8) is 0 Å². The molecule has 2 aromatic rings. The second kappa shape index (κ2) is 7.69. The van der Waals surface area contributed by atoms with Gasteiger partial charge >= 0.3 is 0 Å². The highest BCUT2D eigenvalue weighted by Gasteiger charge is 2.24. The summed E-state index contributed by atoms with van der Waals surface area (Å²) in [7, 11) is -7.65. The maximum atomic E-state index is 13.1. The standard InChI is InChI=1S/C18H22FN3O4S2/c1-27(23,24)18-10-16(28(20,25)26)6-7-17(18)21-11-13-8-9-22(12-13)15-4-2-14(19)3-5-15/h2-7,10,13,21H,8-9,11-12H2,1H3,(H2,20,25,26). The normalized spacial score (nSPS) is 17.7. The number of sulfone groups is 1. The van der Waals surface area contributed by atoms with Gasteiger partial charge in [-0.15, -0.1) is 0 Å². The van der Waals surface area contributed by atoms with E-state index in [-0.39, 0.29) is 21.5 Å². The van der Waals surface area contributed by atoms with Crippen molar-refractivity contribution in [1.82, 2.24) is 0 Å². The molecule has 152 valence electrons. The smallest absolute Gasteiger partial charge is 0.238 e. The van der Waals surface area contributed by atoms with E-state index in [1.54, 1.807) is 12.1 Å². The first-order chi connectivity index (χ1) is 13.0. The maximum absolute atomic E-state index is 13.1. The minimum absolute atomic E-state index is 0.104. The maximum Gasteiger partial charge on any atom is 0.238 e. The zero-order valence-electron chi connectivity index (χ0n) is 15.3. The molecule has 1 unspecified atom stereocenters. The van der Waals surface area contributed by atoms with Crippen LogP contribution in [-0.4, -0.2) is 42.7 Å². The number of sulfonamides is 1. The molecule has 7 nitrogen and oxygen atoms in total. The third-order valence-corrected chi connectivity index (χ3v) is 6.79. The molecule has 1 atom stereocenters. The fourth-order valence-electron chi connectivity index (χ4n) is 3.27. The molecule has 3 N–H and O–H groups in total. The minimum Gasteiger partial charge on any atom is -0.384 e. The third-order valence-electron chi connectivity index (χ3n) is 4.74. The molecule has 10 heteroatoms. The molecule has 28 heavy (non-hydrogen) atoms. The van der Waals surface area contributed by atoms with Crippen LogP contribution in [0.5, 0.6) is 0 Å². The summed E-state index contributed by atoms with van der Waals surface area (Å²) in [6, 6.07) is 10.1. The summed E-state index contributed by atoms with van der Waals surface area (Å²) in [5.41, 5.74) is 1.29. The van der Waals surface area contributed by atoms with Crippen molar-refractivity contribution < 1.29 is 21.2 Å². The second-order valence-corrected chi connectivity index (χ2v) is 10.5. The first-order valence-corrected chi connectivity index (χ1v) is 12.1. The minimum atomic E-state index is -4.00. The summed E-state index contributed by atoms with van der Waals surface area (Å²) in [6.07, 6.45) is 1.92. The Morgan fingerprint density at radius 2 is 1.82 bits per heavy atom.